The Morgan fingerprint density at radius 1 is 1.00 bits per heavy atom. The normalized spacial score (nSPS) is 13.7. The molecule has 0 amide bonds. The Balaban J connectivity index is 0.000000349. The van der Waals surface area contributed by atoms with Gasteiger partial charge in [0.15, 0.2) is 11.0 Å². The fourth-order valence-electron chi connectivity index (χ4n) is 2.91. The molecule has 0 atom stereocenters. The maximum atomic E-state index is 8.49. The van der Waals surface area contributed by atoms with Gasteiger partial charge < -0.3 is 0 Å². The molecule has 0 radical (unpaired) electrons. The minimum atomic E-state index is -4.94. The number of halogens is 1. The van der Waals surface area contributed by atoms with Crippen LogP contribution in [0.4, 0.5) is 0 Å². The van der Waals surface area contributed by atoms with Gasteiger partial charge in [-0.15, -0.1) is 10.2 Å². The first kappa shape index (κ1) is 18.9. The third kappa shape index (κ3) is 4.64. The maximum absolute atomic E-state index is 8.49. The summed E-state index contributed by atoms with van der Waals surface area (Å²) in [6, 6.07) is 19.4. The van der Waals surface area contributed by atoms with E-state index in [-0.39, 0.29) is 0 Å². The molecule has 26 heavy (non-hydrogen) atoms. The van der Waals surface area contributed by atoms with Gasteiger partial charge in [-0.05, 0) is 47.4 Å². The molecule has 0 unspecified atom stereocenters. The first-order valence-corrected chi connectivity index (χ1v) is 9.93. The molecule has 2 aromatic carbocycles. The van der Waals surface area contributed by atoms with Crippen LogP contribution in [0.2, 0.25) is 0 Å². The average molecular weight is 393 g/mol. The Bertz CT molecular complexity index is 930. The van der Waals surface area contributed by atoms with Crippen molar-refractivity contribution in [2.45, 2.75) is 25.2 Å². The van der Waals surface area contributed by atoms with E-state index in [1.54, 1.807) is 0 Å². The third-order valence-electron chi connectivity index (χ3n) is 3.88. The van der Waals surface area contributed by atoms with Crippen LogP contribution in [-0.4, -0.2) is 4.57 Å². The van der Waals surface area contributed by atoms with Crippen molar-refractivity contribution in [1.82, 2.24) is 4.57 Å². The van der Waals surface area contributed by atoms with Crippen molar-refractivity contribution in [3.05, 3.63) is 71.1 Å². The Morgan fingerprint density at radius 2 is 1.62 bits per heavy atom. The number of thioether (sulfide) groups is 1. The van der Waals surface area contributed by atoms with E-state index in [4.69, 9.17) is 18.6 Å². The summed E-state index contributed by atoms with van der Waals surface area (Å²) >= 11 is 1.83. The van der Waals surface area contributed by atoms with Crippen LogP contribution in [0.3, 0.4) is 0 Å². The molecule has 0 fully saturated rings. The lowest BCUT2D eigenvalue weighted by Crippen LogP contribution is -2.68. The molecule has 1 aliphatic rings. The van der Waals surface area contributed by atoms with Crippen molar-refractivity contribution in [3.63, 3.8) is 0 Å². The van der Waals surface area contributed by atoms with E-state index >= 15 is 0 Å². The van der Waals surface area contributed by atoms with Crippen molar-refractivity contribution >= 4 is 22.8 Å². The summed E-state index contributed by atoms with van der Waals surface area (Å²) in [6.45, 7) is 4.11. The molecule has 6 nitrogen and oxygen atoms in total. The van der Waals surface area contributed by atoms with Crippen LogP contribution >= 0.6 is 11.8 Å². The van der Waals surface area contributed by atoms with Crippen molar-refractivity contribution in [3.8, 4) is 0 Å². The Morgan fingerprint density at radius 3 is 2.31 bits per heavy atom. The van der Waals surface area contributed by atoms with E-state index in [2.05, 4.69) is 76.1 Å². The van der Waals surface area contributed by atoms with Crippen molar-refractivity contribution in [2.24, 2.45) is 0 Å². The van der Waals surface area contributed by atoms with E-state index in [0.717, 1.165) is 13.1 Å². The van der Waals surface area contributed by atoms with E-state index in [0.29, 0.717) is 0 Å². The Labute approximate surface area is 157 Å². The summed E-state index contributed by atoms with van der Waals surface area (Å²) in [7, 11) is -4.94. The van der Waals surface area contributed by atoms with E-state index in [9.17, 15) is 0 Å². The molecule has 4 rings (SSSR count). The summed E-state index contributed by atoms with van der Waals surface area (Å²) in [4.78, 5) is 0. The quantitative estimate of drug-likeness (QED) is 0.533. The van der Waals surface area contributed by atoms with Gasteiger partial charge in [0.05, 0.1) is 0 Å². The monoisotopic (exact) mass is 392 g/mol. The summed E-state index contributed by atoms with van der Waals surface area (Å²) in [5, 5.41) is 3.60. The number of aromatic nitrogens is 2. The van der Waals surface area contributed by atoms with Crippen molar-refractivity contribution in [2.75, 3.05) is 0 Å². The lowest BCUT2D eigenvalue weighted by molar-refractivity contribution is -2.00. The summed E-state index contributed by atoms with van der Waals surface area (Å²) in [5.74, 6) is 0. The number of allylic oxidation sites excluding steroid dienone is 1. The lowest BCUT2D eigenvalue weighted by atomic mass is 10.2. The minimum absolute atomic E-state index is 0.920. The molecule has 136 valence electrons. The number of rotatable bonds is 2. The molecule has 0 N–H and O–H groups in total. The Hall–Kier alpha value is -1.87. The average Bonchev–Trinajstić information content (AvgIpc) is 2.88. The lowest BCUT2D eigenvalue weighted by Gasteiger charge is -2.17. The molecule has 0 saturated carbocycles. The standard InChI is InChI=1S/C18H17N2S.ClHO4/c1-14-11-19-16-9-5-6-10-17(16)20(18(19)21-13-14)12-15-7-3-2-4-8-15;2-1(3,4)5/h2-10,13H,11-12H2,1H3;(H,2,3,4,5)/q+1;/p-1. The van der Waals surface area contributed by atoms with Gasteiger partial charge in [0, 0.05) is 0 Å². The molecule has 3 aromatic rings. The summed E-state index contributed by atoms with van der Waals surface area (Å²) < 4.78 is 38.8. The number of benzene rings is 2. The molecule has 0 saturated heterocycles. The van der Waals surface area contributed by atoms with Gasteiger partial charge in [0.1, 0.15) is 13.1 Å². The number of hydrogen-bond acceptors (Lipinski definition) is 5. The van der Waals surface area contributed by atoms with Crippen molar-refractivity contribution in [1.29, 1.82) is 0 Å². The molecule has 8 heteroatoms. The van der Waals surface area contributed by atoms with Gasteiger partial charge in [-0.1, -0.05) is 42.5 Å². The first-order chi connectivity index (χ1) is 12.3. The van der Waals surface area contributed by atoms with Gasteiger partial charge >= 0.3 is 5.16 Å². The Kier molecular flexibility index (Phi) is 5.67. The van der Waals surface area contributed by atoms with Crippen LogP contribution in [0.5, 0.6) is 0 Å². The zero-order valence-corrected chi connectivity index (χ0v) is 15.6. The fourth-order valence-corrected chi connectivity index (χ4v) is 3.87. The van der Waals surface area contributed by atoms with Crippen LogP contribution in [-0.2, 0) is 13.1 Å². The number of para-hydroxylation sites is 2. The third-order valence-corrected chi connectivity index (χ3v) is 5.05. The minimum Gasteiger partial charge on any atom is -0.222 e. The molecule has 2 heterocycles. The van der Waals surface area contributed by atoms with Gasteiger partial charge in [-0.25, -0.2) is 27.8 Å². The fraction of sp³-hybridized carbons (Fsp3) is 0.167. The highest BCUT2D eigenvalue weighted by Gasteiger charge is 2.27. The summed E-state index contributed by atoms with van der Waals surface area (Å²) in [6.07, 6.45) is 0. The van der Waals surface area contributed by atoms with Crippen LogP contribution < -0.4 is 23.2 Å². The second kappa shape index (κ2) is 7.79. The second-order valence-corrected chi connectivity index (χ2v) is 7.48. The molecule has 0 bridgehead atoms. The molecular formula is C18H17ClN2O4S. The first-order valence-electron chi connectivity index (χ1n) is 7.82. The highest BCUT2D eigenvalue weighted by molar-refractivity contribution is 8.01. The second-order valence-electron chi connectivity index (χ2n) is 5.89. The van der Waals surface area contributed by atoms with E-state index in [1.165, 1.54) is 27.3 Å². The molecule has 0 aliphatic carbocycles. The largest absolute Gasteiger partial charge is 0.323 e. The number of fused-ring (bicyclic) bond motifs is 3. The van der Waals surface area contributed by atoms with Gasteiger partial charge in [-0.2, -0.15) is 0 Å². The van der Waals surface area contributed by atoms with Gasteiger partial charge in [-0.3, -0.25) is 0 Å². The number of nitrogens with zero attached hydrogens (tertiary/aromatic N) is 2. The smallest absolute Gasteiger partial charge is 0.222 e. The topological polar surface area (TPSA) is 101 Å². The number of imidazole rings is 1. The molecule has 0 spiro atoms. The zero-order chi connectivity index (χ0) is 18.7. The highest BCUT2D eigenvalue weighted by atomic mass is 35.7. The predicted octanol–water partition coefficient (Wildman–Crippen LogP) is -0.769. The number of hydrogen-bond donors (Lipinski definition) is 0. The zero-order valence-electron chi connectivity index (χ0n) is 14.0. The highest BCUT2D eigenvalue weighted by Crippen LogP contribution is 2.28. The van der Waals surface area contributed by atoms with E-state index in [1.807, 2.05) is 11.8 Å². The maximum Gasteiger partial charge on any atom is 0.323 e. The SMILES string of the molecule is CC1=CSc2n(Cc3ccccc3)c3ccccc3[n+]2C1.[O-][Cl+3]([O-])([O-])[O-]. The molecule has 1 aliphatic heterocycles. The van der Waals surface area contributed by atoms with Crippen LogP contribution in [0.15, 0.2) is 70.7 Å². The molecular weight excluding hydrogens is 376 g/mol. The predicted molar refractivity (Wildman–Crippen MR) is 87.3 cm³/mol. The van der Waals surface area contributed by atoms with E-state index < -0.39 is 10.2 Å². The summed E-state index contributed by atoms with van der Waals surface area (Å²) in [5.41, 5.74) is 5.39. The van der Waals surface area contributed by atoms with Crippen LogP contribution in [0, 0.1) is 10.2 Å². The van der Waals surface area contributed by atoms with Crippen LogP contribution in [0.25, 0.3) is 11.0 Å². The van der Waals surface area contributed by atoms with Gasteiger partial charge in [0.2, 0.25) is 0 Å². The van der Waals surface area contributed by atoms with Gasteiger partial charge in [0.25, 0.3) is 0 Å². The van der Waals surface area contributed by atoms with Crippen LogP contribution in [0.1, 0.15) is 12.5 Å². The molecule has 1 aromatic heterocycles. The van der Waals surface area contributed by atoms with Crippen molar-refractivity contribution < 1.29 is 33.4 Å².